The van der Waals surface area contributed by atoms with Gasteiger partial charge in [-0.25, -0.2) is 8.78 Å². The Morgan fingerprint density at radius 3 is 2.57 bits per heavy atom. The molecule has 0 bridgehead atoms. The maximum Gasteiger partial charge on any atom is 0.451 e. The van der Waals surface area contributed by atoms with Gasteiger partial charge in [0.1, 0.15) is 5.82 Å². The van der Waals surface area contributed by atoms with Crippen LogP contribution in [0.4, 0.5) is 22.0 Å². The van der Waals surface area contributed by atoms with E-state index in [1.54, 1.807) is 0 Å². The van der Waals surface area contributed by atoms with Gasteiger partial charge in [0.25, 0.3) is 0 Å². The first-order valence-electron chi connectivity index (χ1n) is 6.99. The van der Waals surface area contributed by atoms with Crippen LogP contribution in [0, 0.1) is 11.6 Å². The summed E-state index contributed by atoms with van der Waals surface area (Å²) in [4.78, 5) is 0. The molecule has 9 heteroatoms. The Hall–Kier alpha value is -2.03. The van der Waals surface area contributed by atoms with Crippen molar-refractivity contribution in [2.24, 2.45) is 5.73 Å². The first-order chi connectivity index (χ1) is 10.8. The van der Waals surface area contributed by atoms with E-state index in [2.05, 4.69) is 10.2 Å². The van der Waals surface area contributed by atoms with Crippen LogP contribution in [0.1, 0.15) is 42.0 Å². The lowest BCUT2D eigenvalue weighted by Crippen LogP contribution is -2.20. The number of nitrogens with two attached hydrogens (primary N) is 1. The van der Waals surface area contributed by atoms with Gasteiger partial charge in [0.2, 0.25) is 5.82 Å². The molecule has 1 aliphatic rings. The summed E-state index contributed by atoms with van der Waals surface area (Å²) < 4.78 is 67.4. The quantitative estimate of drug-likeness (QED) is 0.816. The number of nitrogens with zero attached hydrogens (tertiary/aromatic N) is 3. The minimum absolute atomic E-state index is 0.0108. The molecule has 3 rings (SSSR count). The van der Waals surface area contributed by atoms with Gasteiger partial charge in [0.15, 0.2) is 11.6 Å². The van der Waals surface area contributed by atoms with E-state index >= 15 is 0 Å². The molecule has 23 heavy (non-hydrogen) atoms. The van der Waals surface area contributed by atoms with Crippen LogP contribution in [-0.4, -0.2) is 14.8 Å². The Bertz CT molecular complexity index is 724. The highest BCUT2D eigenvalue weighted by Gasteiger charge is 2.40. The van der Waals surface area contributed by atoms with Gasteiger partial charge in [-0.05, 0) is 24.5 Å². The summed E-state index contributed by atoms with van der Waals surface area (Å²) in [6, 6.07) is 2.93. The number of benzene rings is 1. The van der Waals surface area contributed by atoms with Crippen LogP contribution in [-0.2, 0) is 12.7 Å². The van der Waals surface area contributed by atoms with Gasteiger partial charge in [-0.3, -0.25) is 0 Å². The molecule has 124 valence electrons. The van der Waals surface area contributed by atoms with E-state index in [9.17, 15) is 22.0 Å². The molecule has 2 atom stereocenters. The highest BCUT2D eigenvalue weighted by molar-refractivity contribution is 5.24. The molecule has 1 aromatic carbocycles. The molecular formula is C14H13F5N4. The molecule has 2 N–H and O–H groups in total. The number of aromatic nitrogens is 3. The van der Waals surface area contributed by atoms with Gasteiger partial charge >= 0.3 is 6.18 Å². The molecule has 0 spiro atoms. The number of alkyl halides is 3. The first-order valence-corrected chi connectivity index (χ1v) is 6.99. The van der Waals surface area contributed by atoms with Gasteiger partial charge in [-0.1, -0.05) is 12.1 Å². The van der Waals surface area contributed by atoms with Crippen molar-refractivity contribution < 1.29 is 22.0 Å². The third-order valence-electron chi connectivity index (χ3n) is 4.01. The molecule has 2 heterocycles. The van der Waals surface area contributed by atoms with Gasteiger partial charge in [0.05, 0.1) is 6.04 Å². The number of halogens is 5. The summed E-state index contributed by atoms with van der Waals surface area (Å²) in [6.07, 6.45) is -4.07. The third kappa shape index (κ3) is 2.80. The minimum atomic E-state index is -4.69. The smallest absolute Gasteiger partial charge is 0.321 e. The van der Waals surface area contributed by atoms with Crippen LogP contribution in [0.5, 0.6) is 0 Å². The maximum atomic E-state index is 14.0. The van der Waals surface area contributed by atoms with Crippen LogP contribution in [0.25, 0.3) is 0 Å². The Kier molecular flexibility index (Phi) is 3.83. The van der Waals surface area contributed by atoms with E-state index in [1.807, 2.05) is 0 Å². The second-order valence-corrected chi connectivity index (χ2v) is 5.51. The average molecular weight is 332 g/mol. The van der Waals surface area contributed by atoms with Gasteiger partial charge in [0, 0.05) is 12.5 Å². The molecule has 4 nitrogen and oxygen atoms in total. The average Bonchev–Trinajstić information content (AvgIpc) is 2.83. The van der Waals surface area contributed by atoms with Crippen molar-refractivity contribution in [3.05, 3.63) is 47.0 Å². The molecule has 2 aromatic rings. The van der Waals surface area contributed by atoms with E-state index in [4.69, 9.17) is 5.73 Å². The summed E-state index contributed by atoms with van der Waals surface area (Å²) in [5, 5.41) is 6.70. The Morgan fingerprint density at radius 1 is 1.13 bits per heavy atom. The molecule has 1 aromatic heterocycles. The number of rotatable bonds is 1. The van der Waals surface area contributed by atoms with Gasteiger partial charge in [-0.2, -0.15) is 13.2 Å². The van der Waals surface area contributed by atoms with Gasteiger partial charge < -0.3 is 10.3 Å². The van der Waals surface area contributed by atoms with Crippen molar-refractivity contribution in [1.82, 2.24) is 14.8 Å². The normalized spacial score (nSPS) is 21.8. The van der Waals surface area contributed by atoms with E-state index in [0.29, 0.717) is 12.8 Å². The summed E-state index contributed by atoms with van der Waals surface area (Å²) in [5.74, 6) is -3.88. The standard InChI is InChI=1S/C14H13F5N4/c15-9-3-1-2-8(11(9)16)7-4-5-10(20)12-21-22-13(14(17,18)19)23(12)6-7/h1-3,7,10H,4-6,20H2/t7-,10-/m1/s1. The number of fused-ring (bicyclic) bond motifs is 1. The van der Waals surface area contributed by atoms with Crippen LogP contribution < -0.4 is 5.73 Å². The fourth-order valence-corrected chi connectivity index (χ4v) is 2.89. The zero-order valence-corrected chi connectivity index (χ0v) is 11.8. The zero-order chi connectivity index (χ0) is 16.8. The summed E-state index contributed by atoms with van der Waals surface area (Å²) in [7, 11) is 0. The Morgan fingerprint density at radius 2 is 1.87 bits per heavy atom. The lowest BCUT2D eigenvalue weighted by molar-refractivity contribution is -0.147. The van der Waals surface area contributed by atoms with E-state index < -0.39 is 35.6 Å². The monoisotopic (exact) mass is 332 g/mol. The maximum absolute atomic E-state index is 14.0. The van der Waals surface area contributed by atoms with Crippen molar-refractivity contribution in [1.29, 1.82) is 0 Å². The molecule has 0 aliphatic carbocycles. The fourth-order valence-electron chi connectivity index (χ4n) is 2.89. The molecule has 0 amide bonds. The van der Waals surface area contributed by atoms with Crippen LogP contribution in [0.2, 0.25) is 0 Å². The third-order valence-corrected chi connectivity index (χ3v) is 4.01. The predicted octanol–water partition coefficient (Wildman–Crippen LogP) is 3.15. The van der Waals surface area contributed by atoms with Crippen molar-refractivity contribution >= 4 is 0 Å². The lowest BCUT2D eigenvalue weighted by Gasteiger charge is -2.18. The number of hydrogen-bond donors (Lipinski definition) is 1. The molecular weight excluding hydrogens is 319 g/mol. The fraction of sp³-hybridized carbons (Fsp3) is 0.429. The lowest BCUT2D eigenvalue weighted by atomic mass is 9.93. The molecule has 0 fully saturated rings. The second kappa shape index (κ2) is 5.55. The van der Waals surface area contributed by atoms with Crippen LogP contribution >= 0.6 is 0 Å². The summed E-state index contributed by atoms with van der Waals surface area (Å²) in [5.41, 5.74) is 5.89. The Balaban J connectivity index is 2.05. The minimum Gasteiger partial charge on any atom is -0.321 e. The largest absolute Gasteiger partial charge is 0.451 e. The topological polar surface area (TPSA) is 56.7 Å². The van der Waals surface area contributed by atoms with E-state index in [1.165, 1.54) is 12.1 Å². The highest BCUT2D eigenvalue weighted by Crippen LogP contribution is 2.37. The SMILES string of the molecule is N[C@@H]1CC[C@@H](c2cccc(F)c2F)Cn2c1nnc2C(F)(F)F. The van der Waals surface area contributed by atoms with Crippen molar-refractivity contribution in [3.8, 4) is 0 Å². The molecule has 1 aliphatic heterocycles. The zero-order valence-electron chi connectivity index (χ0n) is 11.8. The van der Waals surface area contributed by atoms with Crippen molar-refractivity contribution in [2.75, 3.05) is 0 Å². The highest BCUT2D eigenvalue weighted by atomic mass is 19.4. The van der Waals surface area contributed by atoms with Crippen LogP contribution in [0.3, 0.4) is 0 Å². The number of hydrogen-bond acceptors (Lipinski definition) is 3. The predicted molar refractivity (Wildman–Crippen MR) is 70.3 cm³/mol. The van der Waals surface area contributed by atoms with Crippen molar-refractivity contribution in [2.45, 2.75) is 37.5 Å². The molecule has 0 saturated carbocycles. The van der Waals surface area contributed by atoms with Gasteiger partial charge in [-0.15, -0.1) is 10.2 Å². The van der Waals surface area contributed by atoms with E-state index in [-0.39, 0.29) is 17.9 Å². The second-order valence-electron chi connectivity index (χ2n) is 5.51. The first kappa shape index (κ1) is 15.9. The Labute approximate surface area is 128 Å². The molecule has 0 saturated heterocycles. The van der Waals surface area contributed by atoms with E-state index in [0.717, 1.165) is 10.6 Å². The summed E-state index contributed by atoms with van der Waals surface area (Å²) >= 11 is 0. The summed E-state index contributed by atoms with van der Waals surface area (Å²) in [6.45, 7) is -0.203. The van der Waals surface area contributed by atoms with Crippen LogP contribution in [0.15, 0.2) is 18.2 Å². The molecule has 0 unspecified atom stereocenters. The molecule has 0 radical (unpaired) electrons. The van der Waals surface area contributed by atoms with Crippen molar-refractivity contribution in [3.63, 3.8) is 0 Å².